The fourth-order valence-electron chi connectivity index (χ4n) is 1.31. The van der Waals surface area contributed by atoms with E-state index in [1.54, 1.807) is 6.07 Å². The van der Waals surface area contributed by atoms with Crippen molar-refractivity contribution in [3.8, 4) is 0 Å². The Morgan fingerprint density at radius 3 is 2.56 bits per heavy atom. The number of amides is 1. The van der Waals surface area contributed by atoms with Gasteiger partial charge >= 0.3 is 0 Å². The lowest BCUT2D eigenvalue weighted by molar-refractivity contribution is 0.0893. The monoisotopic (exact) mass is 225 g/mol. The largest absolute Gasteiger partial charge is 0.394 e. The van der Waals surface area contributed by atoms with Crippen LogP contribution in [0.2, 0.25) is 0 Å². The van der Waals surface area contributed by atoms with Gasteiger partial charge in [0.15, 0.2) is 0 Å². The van der Waals surface area contributed by atoms with Crippen LogP contribution < -0.4 is 5.32 Å². The molecule has 1 aromatic rings. The van der Waals surface area contributed by atoms with Crippen molar-refractivity contribution in [3.63, 3.8) is 0 Å². The lowest BCUT2D eigenvalue weighted by Gasteiger charge is -2.19. The van der Waals surface area contributed by atoms with E-state index in [-0.39, 0.29) is 24.1 Å². The Labute approximate surface area is 94.3 Å². The second-order valence-electron chi connectivity index (χ2n) is 3.99. The van der Waals surface area contributed by atoms with Crippen LogP contribution in [0.1, 0.15) is 24.2 Å². The summed E-state index contributed by atoms with van der Waals surface area (Å²) in [4.78, 5) is 11.7. The molecule has 0 radical (unpaired) electrons. The van der Waals surface area contributed by atoms with E-state index in [0.717, 1.165) is 0 Å². The van der Waals surface area contributed by atoms with Gasteiger partial charge in [-0.25, -0.2) is 4.39 Å². The van der Waals surface area contributed by atoms with Crippen LogP contribution in [0, 0.1) is 11.7 Å². The first kappa shape index (κ1) is 12.6. The van der Waals surface area contributed by atoms with Crippen LogP contribution in [0.5, 0.6) is 0 Å². The van der Waals surface area contributed by atoms with E-state index in [9.17, 15) is 9.18 Å². The van der Waals surface area contributed by atoms with E-state index in [2.05, 4.69) is 5.32 Å². The highest BCUT2D eigenvalue weighted by Crippen LogP contribution is 2.08. The van der Waals surface area contributed by atoms with Crippen molar-refractivity contribution in [2.75, 3.05) is 6.61 Å². The Balaban J connectivity index is 2.76. The third-order valence-electron chi connectivity index (χ3n) is 2.44. The average Bonchev–Trinajstić information content (AvgIpc) is 2.25. The Hall–Kier alpha value is -1.42. The number of nitrogens with one attached hydrogen (secondary N) is 1. The van der Waals surface area contributed by atoms with Gasteiger partial charge in [-0.3, -0.25) is 4.79 Å². The molecule has 3 nitrogen and oxygen atoms in total. The summed E-state index contributed by atoms with van der Waals surface area (Å²) < 4.78 is 13.3. The van der Waals surface area contributed by atoms with Crippen molar-refractivity contribution in [2.45, 2.75) is 19.9 Å². The molecule has 0 saturated heterocycles. The topological polar surface area (TPSA) is 49.3 Å². The molecular weight excluding hydrogens is 209 g/mol. The van der Waals surface area contributed by atoms with Gasteiger partial charge in [-0.1, -0.05) is 26.0 Å². The molecule has 0 aliphatic heterocycles. The fourth-order valence-corrected chi connectivity index (χ4v) is 1.31. The molecule has 0 heterocycles. The summed E-state index contributed by atoms with van der Waals surface area (Å²) in [5.74, 6) is -0.952. The minimum absolute atomic E-state index is 0.00148. The van der Waals surface area contributed by atoms with E-state index in [1.807, 2.05) is 13.8 Å². The highest BCUT2D eigenvalue weighted by molar-refractivity contribution is 5.94. The van der Waals surface area contributed by atoms with Gasteiger partial charge in [0.2, 0.25) is 0 Å². The molecule has 1 amide bonds. The molecule has 4 heteroatoms. The van der Waals surface area contributed by atoms with Crippen molar-refractivity contribution in [1.82, 2.24) is 5.32 Å². The minimum Gasteiger partial charge on any atom is -0.394 e. The van der Waals surface area contributed by atoms with Crippen LogP contribution in [-0.2, 0) is 0 Å². The quantitative estimate of drug-likeness (QED) is 0.817. The number of carbonyl (C=O) groups is 1. The van der Waals surface area contributed by atoms with Crippen LogP contribution >= 0.6 is 0 Å². The lowest BCUT2D eigenvalue weighted by Crippen LogP contribution is -2.41. The molecule has 1 rings (SSSR count). The number of hydrogen-bond acceptors (Lipinski definition) is 2. The highest BCUT2D eigenvalue weighted by Gasteiger charge is 2.17. The third-order valence-corrected chi connectivity index (χ3v) is 2.44. The number of hydrogen-bond donors (Lipinski definition) is 2. The minimum atomic E-state index is -0.555. The van der Waals surface area contributed by atoms with Gasteiger partial charge in [-0.05, 0) is 18.1 Å². The van der Waals surface area contributed by atoms with Crippen LogP contribution in [0.3, 0.4) is 0 Å². The first-order valence-corrected chi connectivity index (χ1v) is 5.22. The second kappa shape index (κ2) is 5.61. The molecule has 16 heavy (non-hydrogen) atoms. The van der Waals surface area contributed by atoms with E-state index in [0.29, 0.717) is 0 Å². The van der Waals surface area contributed by atoms with Crippen LogP contribution in [0.4, 0.5) is 4.39 Å². The summed E-state index contributed by atoms with van der Waals surface area (Å²) in [5, 5.41) is 11.6. The molecule has 1 atom stereocenters. The van der Waals surface area contributed by atoms with Crippen LogP contribution in [0.15, 0.2) is 24.3 Å². The Morgan fingerprint density at radius 1 is 1.44 bits per heavy atom. The molecule has 0 bridgehead atoms. The molecule has 1 unspecified atom stereocenters. The predicted molar refractivity (Wildman–Crippen MR) is 59.6 cm³/mol. The molecular formula is C12H16FNO2. The Morgan fingerprint density at radius 2 is 2.06 bits per heavy atom. The van der Waals surface area contributed by atoms with Crippen molar-refractivity contribution in [3.05, 3.63) is 35.6 Å². The smallest absolute Gasteiger partial charge is 0.254 e. The van der Waals surface area contributed by atoms with Crippen LogP contribution in [-0.4, -0.2) is 23.7 Å². The van der Waals surface area contributed by atoms with Crippen molar-refractivity contribution in [2.24, 2.45) is 5.92 Å². The number of rotatable bonds is 4. The third kappa shape index (κ3) is 3.03. The molecule has 0 fully saturated rings. The summed E-state index contributed by atoms with van der Waals surface area (Å²) in [6.07, 6.45) is 0. The zero-order valence-corrected chi connectivity index (χ0v) is 9.40. The first-order valence-electron chi connectivity index (χ1n) is 5.22. The number of halogens is 1. The molecule has 2 N–H and O–H groups in total. The molecule has 0 saturated carbocycles. The summed E-state index contributed by atoms with van der Waals surface area (Å²) in [6.45, 7) is 3.60. The molecule has 0 spiro atoms. The van der Waals surface area contributed by atoms with Crippen molar-refractivity contribution < 1.29 is 14.3 Å². The maximum Gasteiger partial charge on any atom is 0.254 e. The van der Waals surface area contributed by atoms with Gasteiger partial charge in [-0.15, -0.1) is 0 Å². The Bertz CT molecular complexity index is 366. The normalized spacial score (nSPS) is 12.6. The summed E-state index contributed by atoms with van der Waals surface area (Å²) >= 11 is 0. The molecule has 1 aromatic carbocycles. The highest BCUT2D eigenvalue weighted by atomic mass is 19.1. The number of benzene rings is 1. The van der Waals surface area contributed by atoms with Gasteiger partial charge in [0, 0.05) is 0 Å². The maximum absolute atomic E-state index is 13.3. The zero-order chi connectivity index (χ0) is 12.1. The van der Waals surface area contributed by atoms with Gasteiger partial charge in [0.25, 0.3) is 5.91 Å². The standard InChI is InChI=1S/C12H16FNO2/c1-8(2)11(7-15)14-12(16)9-5-3-4-6-10(9)13/h3-6,8,11,15H,7H2,1-2H3,(H,14,16). The van der Waals surface area contributed by atoms with E-state index in [4.69, 9.17) is 5.11 Å². The van der Waals surface area contributed by atoms with Crippen molar-refractivity contribution in [1.29, 1.82) is 0 Å². The molecule has 0 aliphatic rings. The van der Waals surface area contributed by atoms with E-state index >= 15 is 0 Å². The first-order chi connectivity index (χ1) is 7.56. The second-order valence-corrected chi connectivity index (χ2v) is 3.99. The Kier molecular flexibility index (Phi) is 4.43. The predicted octanol–water partition coefficient (Wildman–Crippen LogP) is 1.57. The van der Waals surface area contributed by atoms with Crippen molar-refractivity contribution >= 4 is 5.91 Å². The number of carbonyl (C=O) groups excluding carboxylic acids is 1. The number of aliphatic hydroxyl groups is 1. The van der Waals surface area contributed by atoms with Gasteiger partial charge < -0.3 is 10.4 Å². The van der Waals surface area contributed by atoms with E-state index < -0.39 is 11.7 Å². The van der Waals surface area contributed by atoms with Crippen LogP contribution in [0.25, 0.3) is 0 Å². The molecule has 0 aromatic heterocycles. The SMILES string of the molecule is CC(C)C(CO)NC(=O)c1ccccc1F. The van der Waals surface area contributed by atoms with Gasteiger partial charge in [0.1, 0.15) is 5.82 Å². The fraction of sp³-hybridized carbons (Fsp3) is 0.417. The lowest BCUT2D eigenvalue weighted by atomic mass is 10.0. The summed E-state index contributed by atoms with van der Waals surface area (Å²) in [6, 6.07) is 5.42. The average molecular weight is 225 g/mol. The van der Waals surface area contributed by atoms with Gasteiger partial charge in [0.05, 0.1) is 18.2 Å². The van der Waals surface area contributed by atoms with Gasteiger partial charge in [-0.2, -0.15) is 0 Å². The summed E-state index contributed by atoms with van der Waals surface area (Å²) in [5.41, 5.74) is 0.00148. The zero-order valence-electron chi connectivity index (χ0n) is 9.40. The molecule has 0 aliphatic carbocycles. The maximum atomic E-state index is 13.3. The summed E-state index contributed by atoms with van der Waals surface area (Å²) in [7, 11) is 0. The molecule has 88 valence electrons. The van der Waals surface area contributed by atoms with E-state index in [1.165, 1.54) is 18.2 Å². The number of aliphatic hydroxyl groups excluding tert-OH is 1.